The highest BCUT2D eigenvalue weighted by Crippen LogP contribution is 2.24. The van der Waals surface area contributed by atoms with Crippen LogP contribution in [0.4, 0.5) is 4.39 Å². The first-order valence-corrected chi connectivity index (χ1v) is 7.07. The van der Waals surface area contributed by atoms with Gasteiger partial charge in [0, 0.05) is 24.1 Å². The number of halogens is 1. The first-order valence-electron chi connectivity index (χ1n) is 7.07. The summed E-state index contributed by atoms with van der Waals surface area (Å²) in [5, 5.41) is 18.5. The summed E-state index contributed by atoms with van der Waals surface area (Å²) in [6.07, 6.45) is 5.80. The van der Waals surface area contributed by atoms with Crippen LogP contribution in [0.1, 0.15) is 16.8 Å². The highest BCUT2D eigenvalue weighted by molar-refractivity contribution is 6.00. The van der Waals surface area contributed by atoms with Crippen LogP contribution in [0.5, 0.6) is 0 Å². The molecule has 1 heterocycles. The van der Waals surface area contributed by atoms with Gasteiger partial charge in [0.1, 0.15) is 5.82 Å². The molecule has 3 N–H and O–H groups in total. The van der Waals surface area contributed by atoms with Crippen molar-refractivity contribution in [1.29, 1.82) is 0 Å². The van der Waals surface area contributed by atoms with Crippen LogP contribution in [-0.2, 0) is 0 Å². The zero-order valence-electron chi connectivity index (χ0n) is 11.8. The van der Waals surface area contributed by atoms with Gasteiger partial charge in [0.2, 0.25) is 0 Å². The maximum atomic E-state index is 13.9. The smallest absolute Gasteiger partial charge is 0.255 e. The number of H-pyrrole nitrogens is 1. The Hall–Kier alpha value is -2.47. The van der Waals surface area contributed by atoms with Crippen molar-refractivity contribution in [3.63, 3.8) is 0 Å². The van der Waals surface area contributed by atoms with E-state index in [4.69, 9.17) is 5.11 Å². The highest BCUT2D eigenvalue weighted by Gasteiger charge is 2.23. The molecule has 0 aliphatic heterocycles. The maximum absolute atomic E-state index is 13.9. The molecule has 0 spiro atoms. The number of aliphatic hydroxyl groups excluding tert-OH is 1. The number of amides is 1. The third-order valence-electron chi connectivity index (χ3n) is 3.75. The first kappa shape index (κ1) is 14.5. The monoisotopic (exact) mass is 301 g/mol. The van der Waals surface area contributed by atoms with Crippen molar-refractivity contribution in [3.05, 3.63) is 54.0 Å². The van der Waals surface area contributed by atoms with E-state index in [0.29, 0.717) is 23.2 Å². The number of benzene rings is 1. The second-order valence-corrected chi connectivity index (χ2v) is 5.28. The van der Waals surface area contributed by atoms with E-state index in [9.17, 15) is 9.18 Å². The average molecular weight is 301 g/mol. The van der Waals surface area contributed by atoms with E-state index < -0.39 is 5.82 Å². The number of aromatic nitrogens is 2. The number of aromatic amines is 1. The van der Waals surface area contributed by atoms with Gasteiger partial charge in [-0.05, 0) is 18.6 Å². The summed E-state index contributed by atoms with van der Waals surface area (Å²) >= 11 is 0. The van der Waals surface area contributed by atoms with Gasteiger partial charge in [0.25, 0.3) is 5.91 Å². The molecule has 0 bridgehead atoms. The van der Waals surface area contributed by atoms with Gasteiger partial charge in [-0.15, -0.1) is 0 Å². The van der Waals surface area contributed by atoms with Gasteiger partial charge >= 0.3 is 0 Å². The quantitative estimate of drug-likeness (QED) is 0.755. The molecule has 22 heavy (non-hydrogen) atoms. The van der Waals surface area contributed by atoms with Gasteiger partial charge in [-0.2, -0.15) is 5.10 Å². The number of hydrogen-bond donors (Lipinski definition) is 3. The lowest BCUT2D eigenvalue weighted by Crippen LogP contribution is -2.33. The molecule has 0 unspecified atom stereocenters. The van der Waals surface area contributed by atoms with E-state index in [1.54, 1.807) is 18.2 Å². The zero-order valence-corrected chi connectivity index (χ0v) is 11.8. The molecule has 1 amide bonds. The van der Waals surface area contributed by atoms with E-state index in [-0.39, 0.29) is 24.5 Å². The van der Waals surface area contributed by atoms with Gasteiger partial charge < -0.3 is 10.4 Å². The minimum absolute atomic E-state index is 0.0645. The molecule has 2 aromatic rings. The van der Waals surface area contributed by atoms with Crippen molar-refractivity contribution in [3.8, 4) is 11.3 Å². The molecule has 1 aromatic carbocycles. The van der Waals surface area contributed by atoms with E-state index in [1.165, 1.54) is 12.3 Å². The van der Waals surface area contributed by atoms with E-state index in [0.717, 1.165) is 0 Å². The fourth-order valence-corrected chi connectivity index (χ4v) is 2.59. The number of aliphatic hydroxyl groups is 1. The van der Waals surface area contributed by atoms with Crippen LogP contribution < -0.4 is 5.32 Å². The normalized spacial score (nSPS) is 20.3. The number of carbonyl (C=O) groups excluding carboxylic acids is 1. The van der Waals surface area contributed by atoms with Crippen molar-refractivity contribution in [2.24, 2.45) is 5.92 Å². The van der Waals surface area contributed by atoms with E-state index in [1.807, 2.05) is 12.2 Å². The van der Waals surface area contributed by atoms with Gasteiger partial charge in [-0.1, -0.05) is 24.3 Å². The Labute approximate surface area is 126 Å². The van der Waals surface area contributed by atoms with Gasteiger partial charge in [-0.3, -0.25) is 9.89 Å². The predicted octanol–water partition coefficient (Wildman–Crippen LogP) is 1.88. The summed E-state index contributed by atoms with van der Waals surface area (Å²) in [4.78, 5) is 12.4. The second kappa shape index (κ2) is 6.11. The predicted molar refractivity (Wildman–Crippen MR) is 79.6 cm³/mol. The molecule has 2 atom stereocenters. The van der Waals surface area contributed by atoms with Crippen LogP contribution in [-0.4, -0.2) is 33.9 Å². The van der Waals surface area contributed by atoms with Gasteiger partial charge in [0.05, 0.1) is 17.5 Å². The third kappa shape index (κ3) is 2.78. The molecule has 0 radical (unpaired) electrons. The van der Waals surface area contributed by atoms with Crippen molar-refractivity contribution in [2.45, 2.75) is 12.5 Å². The number of nitrogens with one attached hydrogen (secondary N) is 2. The molecule has 6 heteroatoms. The van der Waals surface area contributed by atoms with Crippen LogP contribution in [0, 0.1) is 11.7 Å². The Morgan fingerprint density at radius 3 is 2.95 bits per heavy atom. The van der Waals surface area contributed by atoms with Crippen molar-refractivity contribution in [1.82, 2.24) is 15.5 Å². The molecule has 114 valence electrons. The molecule has 1 aliphatic carbocycles. The van der Waals surface area contributed by atoms with Crippen LogP contribution in [0.15, 0.2) is 42.6 Å². The Balaban J connectivity index is 1.79. The van der Waals surface area contributed by atoms with Crippen LogP contribution in [0.25, 0.3) is 11.3 Å². The molecule has 1 aliphatic rings. The van der Waals surface area contributed by atoms with Crippen LogP contribution in [0.3, 0.4) is 0 Å². The summed E-state index contributed by atoms with van der Waals surface area (Å²) in [6.45, 7) is 0.0645. The van der Waals surface area contributed by atoms with Gasteiger partial charge in [-0.25, -0.2) is 4.39 Å². The lowest BCUT2D eigenvalue weighted by Gasteiger charge is -2.13. The summed E-state index contributed by atoms with van der Waals surface area (Å²) in [7, 11) is 0. The third-order valence-corrected chi connectivity index (χ3v) is 3.75. The van der Waals surface area contributed by atoms with Crippen molar-refractivity contribution in [2.75, 3.05) is 6.61 Å². The summed E-state index contributed by atoms with van der Waals surface area (Å²) in [5.41, 5.74) is 0.961. The molecule has 0 saturated carbocycles. The molecule has 0 fully saturated rings. The minimum Gasteiger partial charge on any atom is -0.396 e. The summed E-state index contributed by atoms with van der Waals surface area (Å²) in [6, 6.07) is 6.09. The number of nitrogens with zero attached hydrogens (tertiary/aromatic N) is 1. The second-order valence-electron chi connectivity index (χ2n) is 5.28. The Morgan fingerprint density at radius 2 is 2.23 bits per heavy atom. The highest BCUT2D eigenvalue weighted by atomic mass is 19.1. The van der Waals surface area contributed by atoms with Gasteiger partial charge in [0.15, 0.2) is 0 Å². The zero-order chi connectivity index (χ0) is 15.5. The molecule has 0 saturated heterocycles. The summed E-state index contributed by atoms with van der Waals surface area (Å²) in [5.74, 6) is -0.664. The molecular weight excluding hydrogens is 285 g/mol. The topological polar surface area (TPSA) is 78.0 Å². The number of hydrogen-bond acceptors (Lipinski definition) is 3. The van der Waals surface area contributed by atoms with E-state index >= 15 is 0 Å². The molecule has 3 rings (SSSR count). The lowest BCUT2D eigenvalue weighted by atomic mass is 10.1. The molecule has 1 aromatic heterocycles. The lowest BCUT2D eigenvalue weighted by molar-refractivity contribution is 0.0942. The average Bonchev–Trinajstić information content (AvgIpc) is 3.16. The first-order chi connectivity index (χ1) is 10.7. The number of carbonyl (C=O) groups is 1. The van der Waals surface area contributed by atoms with Crippen LogP contribution in [0.2, 0.25) is 0 Å². The van der Waals surface area contributed by atoms with Crippen LogP contribution >= 0.6 is 0 Å². The Morgan fingerprint density at radius 1 is 1.41 bits per heavy atom. The Kier molecular flexibility index (Phi) is 4.02. The fraction of sp³-hybridized carbons (Fsp3) is 0.250. The van der Waals surface area contributed by atoms with Crippen molar-refractivity contribution >= 4 is 5.91 Å². The van der Waals surface area contributed by atoms with E-state index in [2.05, 4.69) is 15.5 Å². The maximum Gasteiger partial charge on any atom is 0.255 e. The Bertz CT molecular complexity index is 711. The fourth-order valence-electron chi connectivity index (χ4n) is 2.59. The van der Waals surface area contributed by atoms with Crippen molar-refractivity contribution < 1.29 is 14.3 Å². The SMILES string of the molecule is O=C(N[C@@H]1C=C[C@H](CO)C1)c1cn[nH]c1-c1ccccc1F. The summed E-state index contributed by atoms with van der Waals surface area (Å²) < 4.78 is 13.9. The largest absolute Gasteiger partial charge is 0.396 e. The molecular formula is C16H16FN3O2. The minimum atomic E-state index is -0.415. The standard InChI is InChI=1S/C16H16FN3O2/c17-14-4-2-1-3-12(14)15-13(8-18-20-15)16(22)19-11-6-5-10(7-11)9-21/h1-6,8,10-11,21H,7,9H2,(H,18,20)(H,19,22)/t10-,11+/m0/s1. The molecule has 5 nitrogen and oxygen atoms in total. The number of rotatable bonds is 4.